The van der Waals surface area contributed by atoms with Gasteiger partial charge in [-0.25, -0.2) is 4.39 Å². The van der Waals surface area contributed by atoms with Gasteiger partial charge in [0.05, 0.1) is 29.2 Å². The van der Waals surface area contributed by atoms with Crippen molar-refractivity contribution in [3.63, 3.8) is 0 Å². The third-order valence-electron chi connectivity index (χ3n) is 5.01. The first-order valence-corrected chi connectivity index (χ1v) is 10.4. The van der Waals surface area contributed by atoms with E-state index in [9.17, 15) is 30.9 Å². The Bertz CT molecular complexity index is 1240. The topological polar surface area (TPSA) is 115 Å². The SMILES string of the molecule is Cc1ccc(N2C(S(=O)(=O)O)N(c3ccc(C#N)c(C(F)(F)F)c3F)C(=O)C2(C)C)cn1. The van der Waals surface area contributed by atoms with E-state index in [1.54, 1.807) is 6.92 Å². The zero-order valence-corrected chi connectivity index (χ0v) is 17.7. The summed E-state index contributed by atoms with van der Waals surface area (Å²) in [6, 6.07) is 5.42. The van der Waals surface area contributed by atoms with Gasteiger partial charge in [0.15, 0.2) is 5.82 Å². The van der Waals surface area contributed by atoms with Crippen LogP contribution in [0.5, 0.6) is 0 Å². The van der Waals surface area contributed by atoms with Crippen LogP contribution in [-0.4, -0.2) is 34.9 Å². The van der Waals surface area contributed by atoms with Crippen LogP contribution in [0.3, 0.4) is 0 Å². The van der Waals surface area contributed by atoms with E-state index in [1.165, 1.54) is 38.2 Å². The van der Waals surface area contributed by atoms with Gasteiger partial charge in [-0.3, -0.25) is 19.2 Å². The summed E-state index contributed by atoms with van der Waals surface area (Å²) >= 11 is 0. The molecule has 1 fully saturated rings. The van der Waals surface area contributed by atoms with Crippen LogP contribution in [0.2, 0.25) is 0 Å². The van der Waals surface area contributed by atoms with Crippen molar-refractivity contribution in [3.05, 3.63) is 53.1 Å². The lowest BCUT2D eigenvalue weighted by molar-refractivity contribution is -0.140. The van der Waals surface area contributed by atoms with Crippen LogP contribution < -0.4 is 9.80 Å². The number of amides is 1. The molecule has 1 aliphatic heterocycles. The van der Waals surface area contributed by atoms with Crippen LogP contribution >= 0.6 is 0 Å². The highest BCUT2D eigenvalue weighted by Gasteiger charge is 2.58. The maximum Gasteiger partial charge on any atom is 0.420 e. The monoisotopic (exact) mass is 472 g/mol. The summed E-state index contributed by atoms with van der Waals surface area (Å²) in [7, 11) is -5.20. The summed E-state index contributed by atoms with van der Waals surface area (Å²) in [6.45, 7) is 4.17. The zero-order chi connectivity index (χ0) is 24.2. The third kappa shape index (κ3) is 3.65. The summed E-state index contributed by atoms with van der Waals surface area (Å²) in [4.78, 5) is 18.3. The lowest BCUT2D eigenvalue weighted by atomic mass is 10.0. The van der Waals surface area contributed by atoms with Crippen LogP contribution in [0.1, 0.15) is 30.7 Å². The number of rotatable bonds is 3. The van der Waals surface area contributed by atoms with Crippen LogP contribution in [0, 0.1) is 24.1 Å². The molecule has 1 amide bonds. The molecule has 13 heteroatoms. The number of pyridine rings is 1. The molecule has 1 saturated heterocycles. The fraction of sp³-hybridized carbons (Fsp3) is 0.316. The van der Waals surface area contributed by atoms with Crippen molar-refractivity contribution in [2.24, 2.45) is 0 Å². The molecule has 1 atom stereocenters. The lowest BCUT2D eigenvalue weighted by Crippen LogP contribution is -2.49. The fourth-order valence-corrected chi connectivity index (χ4v) is 4.69. The molecule has 2 aromatic rings. The smallest absolute Gasteiger partial charge is 0.320 e. The number of aryl methyl sites for hydroxylation is 1. The number of hydrogen-bond donors (Lipinski definition) is 1. The number of aromatic nitrogens is 1. The Hall–Kier alpha value is -3.24. The second-order valence-corrected chi connectivity index (χ2v) is 8.99. The molecule has 1 N–H and O–H groups in total. The number of nitrogens with zero attached hydrogens (tertiary/aromatic N) is 4. The van der Waals surface area contributed by atoms with Crippen molar-refractivity contribution in [2.75, 3.05) is 9.80 Å². The normalized spacial score (nSPS) is 18.7. The number of hydrogen-bond acceptors (Lipinski definition) is 6. The summed E-state index contributed by atoms with van der Waals surface area (Å²) in [6.07, 6.45) is -4.10. The minimum absolute atomic E-state index is 0.0455. The van der Waals surface area contributed by atoms with Crippen molar-refractivity contribution >= 4 is 27.4 Å². The van der Waals surface area contributed by atoms with Gasteiger partial charge in [-0.1, -0.05) is 0 Å². The average molecular weight is 472 g/mol. The van der Waals surface area contributed by atoms with E-state index in [1.807, 2.05) is 0 Å². The quantitative estimate of drug-likeness (QED) is 0.539. The average Bonchev–Trinajstić information content (AvgIpc) is 2.88. The van der Waals surface area contributed by atoms with E-state index in [4.69, 9.17) is 5.26 Å². The van der Waals surface area contributed by atoms with Gasteiger partial charge in [0.1, 0.15) is 11.1 Å². The number of alkyl halides is 3. The van der Waals surface area contributed by atoms with E-state index >= 15 is 4.39 Å². The molecule has 2 heterocycles. The molecule has 3 rings (SSSR count). The van der Waals surface area contributed by atoms with Crippen LogP contribution in [0.15, 0.2) is 30.5 Å². The van der Waals surface area contributed by atoms with E-state index in [2.05, 4.69) is 4.98 Å². The Morgan fingerprint density at radius 3 is 2.31 bits per heavy atom. The van der Waals surface area contributed by atoms with Crippen molar-refractivity contribution in [3.8, 4) is 6.07 Å². The van der Waals surface area contributed by atoms with Crippen LogP contribution in [0.4, 0.5) is 28.9 Å². The van der Waals surface area contributed by atoms with Gasteiger partial charge in [0, 0.05) is 5.69 Å². The molecule has 0 spiro atoms. The number of halogens is 4. The van der Waals surface area contributed by atoms with Crippen molar-refractivity contribution in [2.45, 2.75) is 38.0 Å². The van der Waals surface area contributed by atoms with Crippen molar-refractivity contribution in [1.29, 1.82) is 5.26 Å². The maximum atomic E-state index is 15.1. The predicted molar refractivity (Wildman–Crippen MR) is 104 cm³/mol. The molecule has 0 aliphatic carbocycles. The standard InChI is InChI=1S/C19H16F4N4O4S/c1-10-4-6-12(9-25-10)27-17(32(29,30)31)26(16(28)18(27,2)3)13-7-5-11(8-24)14(15(13)20)19(21,22)23/h4-7,9,17H,1-3H3,(H,29,30,31). The highest BCUT2D eigenvalue weighted by atomic mass is 32.2. The van der Waals surface area contributed by atoms with E-state index in [0.717, 1.165) is 4.90 Å². The summed E-state index contributed by atoms with van der Waals surface area (Å²) < 4.78 is 90.0. The van der Waals surface area contributed by atoms with Gasteiger partial charge in [0.2, 0.25) is 5.50 Å². The maximum absolute atomic E-state index is 15.1. The molecule has 1 aromatic heterocycles. The predicted octanol–water partition coefficient (Wildman–Crippen LogP) is 3.22. The molecule has 32 heavy (non-hydrogen) atoms. The molecule has 1 unspecified atom stereocenters. The number of anilines is 2. The largest absolute Gasteiger partial charge is 0.420 e. The van der Waals surface area contributed by atoms with Gasteiger partial charge >= 0.3 is 16.3 Å². The highest BCUT2D eigenvalue weighted by Crippen LogP contribution is 2.44. The van der Waals surface area contributed by atoms with E-state index < -0.39 is 55.9 Å². The Balaban J connectivity index is 2.33. The van der Waals surface area contributed by atoms with Crippen molar-refractivity contribution < 1.29 is 35.3 Å². The number of nitriles is 1. The first-order valence-electron chi connectivity index (χ1n) is 8.94. The Labute approximate surface area is 180 Å². The molecule has 1 aliphatic rings. The van der Waals surface area contributed by atoms with E-state index in [-0.39, 0.29) is 10.6 Å². The molecule has 8 nitrogen and oxygen atoms in total. The molecule has 0 saturated carbocycles. The molecule has 0 radical (unpaired) electrons. The summed E-state index contributed by atoms with van der Waals surface area (Å²) in [5.41, 5.74) is -7.50. The third-order valence-corrected chi connectivity index (χ3v) is 5.97. The molecule has 1 aromatic carbocycles. The summed E-state index contributed by atoms with van der Waals surface area (Å²) in [5, 5.41) is 8.94. The Morgan fingerprint density at radius 2 is 1.84 bits per heavy atom. The highest BCUT2D eigenvalue weighted by molar-refractivity contribution is 7.86. The number of carbonyl (C=O) groups is 1. The van der Waals surface area contributed by atoms with Crippen LogP contribution in [0.25, 0.3) is 0 Å². The Morgan fingerprint density at radius 1 is 1.22 bits per heavy atom. The first kappa shape index (κ1) is 23.4. The van der Waals surface area contributed by atoms with E-state index in [0.29, 0.717) is 17.8 Å². The van der Waals surface area contributed by atoms with Gasteiger partial charge in [0.25, 0.3) is 5.91 Å². The van der Waals surface area contributed by atoms with Crippen molar-refractivity contribution in [1.82, 2.24) is 4.98 Å². The molecular weight excluding hydrogens is 456 g/mol. The molecule has 170 valence electrons. The van der Waals surface area contributed by atoms with Gasteiger partial charge in [-0.2, -0.15) is 26.9 Å². The fourth-order valence-electron chi connectivity index (χ4n) is 3.56. The van der Waals surface area contributed by atoms with Crippen LogP contribution in [-0.2, 0) is 21.1 Å². The zero-order valence-electron chi connectivity index (χ0n) is 16.8. The van der Waals surface area contributed by atoms with Gasteiger partial charge in [-0.05, 0) is 45.0 Å². The second-order valence-electron chi connectivity index (χ2n) is 7.53. The number of carbonyl (C=O) groups excluding carboxylic acids is 1. The first-order chi connectivity index (χ1) is 14.6. The van der Waals surface area contributed by atoms with Gasteiger partial charge in [-0.15, -0.1) is 0 Å². The minimum atomic E-state index is -5.31. The minimum Gasteiger partial charge on any atom is -0.320 e. The lowest BCUT2D eigenvalue weighted by Gasteiger charge is -2.33. The summed E-state index contributed by atoms with van der Waals surface area (Å²) in [5.74, 6) is -3.12. The second kappa shape index (κ2) is 7.42. The number of benzene rings is 1. The molecule has 0 bridgehead atoms. The Kier molecular flexibility index (Phi) is 5.43. The molecular formula is C19H16F4N4O4S. The van der Waals surface area contributed by atoms with Gasteiger partial charge < -0.3 is 4.90 Å².